The van der Waals surface area contributed by atoms with Crippen LogP contribution in [0.4, 0.5) is 5.69 Å². The second-order valence-electron chi connectivity index (χ2n) is 4.74. The topological polar surface area (TPSA) is 55.2 Å². The van der Waals surface area contributed by atoms with Crippen LogP contribution in [0.2, 0.25) is 0 Å². The fourth-order valence-corrected chi connectivity index (χ4v) is 3.11. The lowest BCUT2D eigenvalue weighted by molar-refractivity contribution is -0.386. The Balaban J connectivity index is 1.92. The monoisotopic (exact) mass is 218 g/mol. The third-order valence-electron chi connectivity index (χ3n) is 4.00. The fraction of sp³-hybridized carbons (Fsp3) is 0.500. The zero-order valence-corrected chi connectivity index (χ0v) is 8.93. The van der Waals surface area contributed by atoms with Gasteiger partial charge < -0.3 is 5.32 Å². The minimum atomic E-state index is -0.259. The summed E-state index contributed by atoms with van der Waals surface area (Å²) in [7, 11) is 0. The van der Waals surface area contributed by atoms with Crippen LogP contribution in [0.15, 0.2) is 24.3 Å². The van der Waals surface area contributed by atoms with Gasteiger partial charge in [0.1, 0.15) is 0 Å². The molecule has 1 aromatic rings. The maximum Gasteiger partial charge on any atom is 0.272 e. The molecule has 0 spiro atoms. The smallest absolute Gasteiger partial charge is 0.272 e. The summed E-state index contributed by atoms with van der Waals surface area (Å²) in [6, 6.07) is 7.17. The molecule has 2 fully saturated rings. The minimum Gasteiger partial charge on any atom is -0.316 e. The van der Waals surface area contributed by atoms with E-state index in [9.17, 15) is 10.1 Å². The molecule has 0 bridgehead atoms. The molecule has 1 aliphatic heterocycles. The van der Waals surface area contributed by atoms with E-state index < -0.39 is 0 Å². The highest BCUT2D eigenvalue weighted by Crippen LogP contribution is 2.50. The number of nitro benzene ring substituents is 1. The molecule has 1 aliphatic carbocycles. The lowest BCUT2D eigenvalue weighted by atomic mass is 9.63. The number of nitrogens with zero attached hydrogens (tertiary/aromatic N) is 1. The maximum absolute atomic E-state index is 10.9. The molecule has 3 unspecified atom stereocenters. The van der Waals surface area contributed by atoms with Crippen LogP contribution in [0, 0.1) is 22.0 Å². The van der Waals surface area contributed by atoms with Crippen LogP contribution in [0.1, 0.15) is 17.9 Å². The number of nitro groups is 1. The van der Waals surface area contributed by atoms with Crippen molar-refractivity contribution in [3.63, 3.8) is 0 Å². The second-order valence-corrected chi connectivity index (χ2v) is 4.74. The van der Waals surface area contributed by atoms with Gasteiger partial charge in [-0.1, -0.05) is 18.2 Å². The Bertz CT molecular complexity index is 433. The van der Waals surface area contributed by atoms with Crippen molar-refractivity contribution < 1.29 is 4.92 Å². The van der Waals surface area contributed by atoms with Gasteiger partial charge in [-0.2, -0.15) is 0 Å². The Morgan fingerprint density at radius 1 is 1.31 bits per heavy atom. The van der Waals surface area contributed by atoms with Crippen molar-refractivity contribution in [1.29, 1.82) is 0 Å². The van der Waals surface area contributed by atoms with Gasteiger partial charge in [0.2, 0.25) is 0 Å². The van der Waals surface area contributed by atoms with Crippen molar-refractivity contribution in [1.82, 2.24) is 5.32 Å². The van der Waals surface area contributed by atoms with Crippen molar-refractivity contribution in [2.45, 2.75) is 12.3 Å². The number of benzene rings is 1. The van der Waals surface area contributed by atoms with E-state index >= 15 is 0 Å². The van der Waals surface area contributed by atoms with Crippen LogP contribution in [0.5, 0.6) is 0 Å². The van der Waals surface area contributed by atoms with Crippen molar-refractivity contribution in [3.8, 4) is 0 Å². The van der Waals surface area contributed by atoms with E-state index in [1.54, 1.807) is 12.1 Å². The molecule has 0 radical (unpaired) electrons. The predicted octanol–water partition coefficient (Wildman–Crippen LogP) is 1.92. The Hall–Kier alpha value is -1.42. The fourth-order valence-electron chi connectivity index (χ4n) is 3.11. The first-order valence-electron chi connectivity index (χ1n) is 5.71. The van der Waals surface area contributed by atoms with Gasteiger partial charge in [0.05, 0.1) is 4.92 Å². The molecular weight excluding hydrogens is 204 g/mol. The first kappa shape index (κ1) is 9.78. The summed E-state index contributed by atoms with van der Waals surface area (Å²) < 4.78 is 0. The molecular formula is C12H14N2O2. The van der Waals surface area contributed by atoms with Gasteiger partial charge in [-0.3, -0.25) is 10.1 Å². The van der Waals surface area contributed by atoms with Gasteiger partial charge in [0.15, 0.2) is 0 Å². The lowest BCUT2D eigenvalue weighted by Crippen LogP contribution is -2.33. The van der Waals surface area contributed by atoms with Gasteiger partial charge in [-0.25, -0.2) is 0 Å². The van der Waals surface area contributed by atoms with E-state index in [1.807, 2.05) is 12.1 Å². The standard InChI is InChI=1S/C12H14N2O2/c15-14(16)12-4-2-1-3-9(12)10-5-8-6-13-7-11(8)10/h1-4,8,10-11,13H,5-7H2. The number of fused-ring (bicyclic) bond motifs is 1. The average Bonchev–Trinajstić information content (AvgIpc) is 2.61. The highest BCUT2D eigenvalue weighted by molar-refractivity contribution is 5.44. The third kappa shape index (κ3) is 1.33. The Morgan fingerprint density at radius 3 is 2.88 bits per heavy atom. The predicted molar refractivity (Wildman–Crippen MR) is 60.3 cm³/mol. The van der Waals surface area contributed by atoms with Crippen LogP contribution in [0.25, 0.3) is 0 Å². The molecule has 2 aliphatic rings. The zero-order valence-electron chi connectivity index (χ0n) is 8.93. The first-order valence-corrected chi connectivity index (χ1v) is 5.71. The molecule has 1 saturated heterocycles. The third-order valence-corrected chi connectivity index (χ3v) is 4.00. The summed E-state index contributed by atoms with van der Waals surface area (Å²) in [4.78, 5) is 10.7. The van der Waals surface area contributed by atoms with Crippen LogP contribution >= 0.6 is 0 Å². The van der Waals surface area contributed by atoms with Gasteiger partial charge in [-0.05, 0) is 37.3 Å². The van der Waals surface area contributed by atoms with Crippen LogP contribution in [-0.2, 0) is 0 Å². The molecule has 84 valence electrons. The Morgan fingerprint density at radius 2 is 2.12 bits per heavy atom. The van der Waals surface area contributed by atoms with E-state index in [2.05, 4.69) is 5.32 Å². The first-order chi connectivity index (χ1) is 7.77. The summed E-state index contributed by atoms with van der Waals surface area (Å²) in [6.07, 6.45) is 1.10. The number of hydrogen-bond donors (Lipinski definition) is 1. The molecule has 1 saturated carbocycles. The average molecular weight is 218 g/mol. The van der Waals surface area contributed by atoms with Gasteiger partial charge >= 0.3 is 0 Å². The summed E-state index contributed by atoms with van der Waals surface area (Å²) in [5, 5.41) is 14.3. The van der Waals surface area contributed by atoms with E-state index in [1.165, 1.54) is 0 Å². The van der Waals surface area contributed by atoms with E-state index in [0.29, 0.717) is 11.8 Å². The number of hydrogen-bond acceptors (Lipinski definition) is 3. The number of nitrogens with one attached hydrogen (secondary N) is 1. The number of rotatable bonds is 2. The highest BCUT2D eigenvalue weighted by atomic mass is 16.6. The maximum atomic E-state index is 10.9. The summed E-state index contributed by atoms with van der Waals surface area (Å²) in [5.74, 6) is 1.74. The van der Waals surface area contributed by atoms with Crippen molar-refractivity contribution in [2.75, 3.05) is 13.1 Å². The van der Waals surface area contributed by atoms with Crippen LogP contribution in [-0.4, -0.2) is 18.0 Å². The molecule has 0 aromatic heterocycles. The zero-order chi connectivity index (χ0) is 11.1. The molecule has 4 heteroatoms. The van der Waals surface area contributed by atoms with Crippen LogP contribution in [0.3, 0.4) is 0 Å². The minimum absolute atomic E-state index is 0.259. The highest BCUT2D eigenvalue weighted by Gasteiger charge is 2.46. The van der Waals surface area contributed by atoms with E-state index in [0.717, 1.165) is 31.0 Å². The molecule has 1 aromatic carbocycles. The summed E-state index contributed by atoms with van der Waals surface area (Å²) >= 11 is 0. The SMILES string of the molecule is O=[N+]([O-])c1ccccc1C1CC2CNCC21. The molecule has 1 N–H and O–H groups in total. The largest absolute Gasteiger partial charge is 0.316 e. The lowest BCUT2D eigenvalue weighted by Gasteiger charge is -2.39. The van der Waals surface area contributed by atoms with E-state index in [4.69, 9.17) is 0 Å². The summed E-state index contributed by atoms with van der Waals surface area (Å²) in [5.41, 5.74) is 1.22. The number of para-hydroxylation sites is 1. The molecule has 1 heterocycles. The van der Waals surface area contributed by atoms with Crippen molar-refractivity contribution in [3.05, 3.63) is 39.9 Å². The quantitative estimate of drug-likeness (QED) is 0.609. The Labute approximate surface area is 93.8 Å². The van der Waals surface area contributed by atoms with E-state index in [-0.39, 0.29) is 10.6 Å². The van der Waals surface area contributed by atoms with Crippen LogP contribution < -0.4 is 5.32 Å². The molecule has 16 heavy (non-hydrogen) atoms. The summed E-state index contributed by atoms with van der Waals surface area (Å²) in [6.45, 7) is 2.10. The molecule has 3 atom stereocenters. The normalized spacial score (nSPS) is 31.9. The van der Waals surface area contributed by atoms with Gasteiger partial charge in [0.25, 0.3) is 5.69 Å². The molecule has 3 rings (SSSR count). The molecule has 4 nitrogen and oxygen atoms in total. The Kier molecular flexibility index (Phi) is 2.17. The van der Waals surface area contributed by atoms with Crippen molar-refractivity contribution in [2.24, 2.45) is 11.8 Å². The molecule has 0 amide bonds. The van der Waals surface area contributed by atoms with Crippen molar-refractivity contribution >= 4 is 5.69 Å². The second kappa shape index (κ2) is 3.56. The van der Waals surface area contributed by atoms with Gasteiger partial charge in [0, 0.05) is 11.6 Å². The van der Waals surface area contributed by atoms with Gasteiger partial charge in [-0.15, -0.1) is 0 Å².